The predicted molar refractivity (Wildman–Crippen MR) is 66.4 cm³/mol. The summed E-state index contributed by atoms with van der Waals surface area (Å²) in [7, 11) is 2.22. The van der Waals surface area contributed by atoms with Crippen molar-refractivity contribution in [3.05, 3.63) is 0 Å². The highest BCUT2D eigenvalue weighted by molar-refractivity contribution is 4.96. The molecular weight excluding hydrogens is 200 g/mol. The summed E-state index contributed by atoms with van der Waals surface area (Å²) in [6.45, 7) is 10.1. The van der Waals surface area contributed by atoms with E-state index in [4.69, 9.17) is 4.74 Å². The zero-order valence-electron chi connectivity index (χ0n) is 11.0. The molecule has 0 unspecified atom stereocenters. The molecule has 0 aromatic carbocycles. The van der Waals surface area contributed by atoms with E-state index in [1.807, 2.05) is 0 Å². The van der Waals surface area contributed by atoms with Gasteiger partial charge in [-0.25, -0.2) is 0 Å². The number of ether oxygens (including phenoxy) is 1. The molecule has 0 bridgehead atoms. The SMILES string of the molecule is CC(C)OCC1(CN2CCCN(C)C2)CC1. The monoisotopic (exact) mass is 226 g/mol. The number of rotatable bonds is 5. The quantitative estimate of drug-likeness (QED) is 0.711. The lowest BCUT2D eigenvalue weighted by atomic mass is 10.1. The van der Waals surface area contributed by atoms with Gasteiger partial charge in [0.25, 0.3) is 0 Å². The maximum Gasteiger partial charge on any atom is 0.0538 e. The van der Waals surface area contributed by atoms with E-state index in [1.54, 1.807) is 0 Å². The fourth-order valence-corrected chi connectivity index (χ4v) is 2.52. The van der Waals surface area contributed by atoms with Gasteiger partial charge >= 0.3 is 0 Å². The highest BCUT2D eigenvalue weighted by Gasteiger charge is 2.44. The normalized spacial score (nSPS) is 26.2. The van der Waals surface area contributed by atoms with Gasteiger partial charge in [-0.1, -0.05) is 0 Å². The summed E-state index contributed by atoms with van der Waals surface area (Å²) in [4.78, 5) is 5.02. The molecule has 2 aliphatic rings. The summed E-state index contributed by atoms with van der Waals surface area (Å²) in [5.41, 5.74) is 0.502. The molecule has 0 aromatic rings. The maximum atomic E-state index is 5.80. The first-order valence-electron chi connectivity index (χ1n) is 6.62. The van der Waals surface area contributed by atoms with Crippen molar-refractivity contribution in [1.29, 1.82) is 0 Å². The lowest BCUT2D eigenvalue weighted by molar-refractivity contribution is 0.0163. The third kappa shape index (κ3) is 3.44. The fraction of sp³-hybridized carbons (Fsp3) is 1.00. The van der Waals surface area contributed by atoms with Gasteiger partial charge in [0, 0.05) is 25.0 Å². The minimum atomic E-state index is 0.376. The van der Waals surface area contributed by atoms with Crippen molar-refractivity contribution in [1.82, 2.24) is 9.80 Å². The van der Waals surface area contributed by atoms with Crippen LogP contribution in [0.25, 0.3) is 0 Å². The van der Waals surface area contributed by atoms with E-state index in [0.29, 0.717) is 11.5 Å². The highest BCUT2D eigenvalue weighted by atomic mass is 16.5. The van der Waals surface area contributed by atoms with Gasteiger partial charge in [-0.05, 0) is 40.2 Å². The van der Waals surface area contributed by atoms with Gasteiger partial charge in [-0.15, -0.1) is 0 Å². The Kier molecular flexibility index (Phi) is 3.88. The van der Waals surface area contributed by atoms with Gasteiger partial charge in [-0.2, -0.15) is 0 Å². The molecule has 1 aliphatic carbocycles. The van der Waals surface area contributed by atoms with Crippen LogP contribution in [0.3, 0.4) is 0 Å². The summed E-state index contributed by atoms with van der Waals surface area (Å²) in [6.07, 6.45) is 4.42. The van der Waals surface area contributed by atoms with Crippen molar-refractivity contribution in [3.63, 3.8) is 0 Å². The first-order valence-corrected chi connectivity index (χ1v) is 6.62. The molecule has 0 atom stereocenters. The molecule has 2 rings (SSSR count). The van der Waals surface area contributed by atoms with Gasteiger partial charge in [0.15, 0.2) is 0 Å². The van der Waals surface area contributed by atoms with Crippen molar-refractivity contribution in [3.8, 4) is 0 Å². The smallest absolute Gasteiger partial charge is 0.0538 e. The Morgan fingerprint density at radius 2 is 2.00 bits per heavy atom. The van der Waals surface area contributed by atoms with E-state index in [0.717, 1.165) is 13.3 Å². The minimum Gasteiger partial charge on any atom is -0.378 e. The number of hydrogen-bond acceptors (Lipinski definition) is 3. The van der Waals surface area contributed by atoms with Crippen LogP contribution in [0.5, 0.6) is 0 Å². The van der Waals surface area contributed by atoms with E-state index >= 15 is 0 Å². The molecule has 1 heterocycles. The summed E-state index contributed by atoms with van der Waals surface area (Å²) in [5.74, 6) is 0. The van der Waals surface area contributed by atoms with E-state index in [9.17, 15) is 0 Å². The van der Waals surface area contributed by atoms with Gasteiger partial charge in [-0.3, -0.25) is 9.80 Å². The molecule has 16 heavy (non-hydrogen) atoms. The Labute approximate surface area is 99.7 Å². The van der Waals surface area contributed by atoms with E-state index in [2.05, 4.69) is 30.7 Å². The standard InChI is InChI=1S/C13H26N2O/c1-12(2)16-10-13(5-6-13)9-15-8-4-7-14(3)11-15/h12H,4-11H2,1-3H3. The number of nitrogens with zero attached hydrogens (tertiary/aromatic N) is 2. The Balaban J connectivity index is 1.75. The van der Waals surface area contributed by atoms with Crippen LogP contribution in [-0.2, 0) is 4.74 Å². The third-order valence-electron chi connectivity index (χ3n) is 3.69. The Morgan fingerprint density at radius 3 is 2.56 bits per heavy atom. The molecule has 3 nitrogen and oxygen atoms in total. The summed E-state index contributed by atoms with van der Waals surface area (Å²) >= 11 is 0. The Bertz CT molecular complexity index is 226. The molecule has 0 radical (unpaired) electrons. The van der Waals surface area contributed by atoms with Gasteiger partial charge in [0.2, 0.25) is 0 Å². The second-order valence-electron chi connectivity index (χ2n) is 5.99. The van der Waals surface area contributed by atoms with Crippen LogP contribution in [0.1, 0.15) is 33.1 Å². The topological polar surface area (TPSA) is 15.7 Å². The summed E-state index contributed by atoms with van der Waals surface area (Å²) in [6, 6.07) is 0. The zero-order chi connectivity index (χ0) is 11.6. The third-order valence-corrected chi connectivity index (χ3v) is 3.69. The molecule has 1 aliphatic heterocycles. The molecular formula is C13H26N2O. The average Bonchev–Trinajstić information content (AvgIpc) is 2.96. The fourth-order valence-electron chi connectivity index (χ4n) is 2.52. The second-order valence-corrected chi connectivity index (χ2v) is 5.99. The summed E-state index contributed by atoms with van der Waals surface area (Å²) in [5, 5.41) is 0. The molecule has 0 N–H and O–H groups in total. The molecule has 3 heteroatoms. The van der Waals surface area contributed by atoms with Crippen LogP contribution in [0.15, 0.2) is 0 Å². The zero-order valence-corrected chi connectivity index (χ0v) is 11.0. The van der Waals surface area contributed by atoms with E-state index < -0.39 is 0 Å². The molecule has 0 aromatic heterocycles. The van der Waals surface area contributed by atoms with Crippen molar-refractivity contribution in [2.75, 3.05) is 40.0 Å². The van der Waals surface area contributed by atoms with E-state index in [1.165, 1.54) is 38.9 Å². The molecule has 0 amide bonds. The second kappa shape index (κ2) is 5.03. The van der Waals surface area contributed by atoms with Gasteiger partial charge < -0.3 is 4.74 Å². The van der Waals surface area contributed by atoms with Crippen molar-refractivity contribution in [2.45, 2.75) is 39.2 Å². The van der Waals surface area contributed by atoms with Crippen LogP contribution in [0, 0.1) is 5.41 Å². The van der Waals surface area contributed by atoms with Gasteiger partial charge in [0.1, 0.15) is 0 Å². The van der Waals surface area contributed by atoms with Gasteiger partial charge in [0.05, 0.1) is 19.4 Å². The van der Waals surface area contributed by atoms with Crippen LogP contribution >= 0.6 is 0 Å². The highest BCUT2D eigenvalue weighted by Crippen LogP contribution is 2.46. The van der Waals surface area contributed by atoms with Crippen molar-refractivity contribution >= 4 is 0 Å². The van der Waals surface area contributed by atoms with E-state index in [-0.39, 0.29) is 0 Å². The first-order chi connectivity index (χ1) is 7.60. The maximum absolute atomic E-state index is 5.80. The molecule has 1 saturated heterocycles. The molecule has 1 saturated carbocycles. The lowest BCUT2D eigenvalue weighted by Crippen LogP contribution is -2.45. The largest absolute Gasteiger partial charge is 0.378 e. The summed E-state index contributed by atoms with van der Waals surface area (Å²) < 4.78 is 5.80. The van der Waals surface area contributed by atoms with Crippen LogP contribution in [0.4, 0.5) is 0 Å². The minimum absolute atomic E-state index is 0.376. The predicted octanol–water partition coefficient (Wildman–Crippen LogP) is 1.79. The van der Waals surface area contributed by atoms with Crippen LogP contribution in [-0.4, -0.2) is 55.9 Å². The van der Waals surface area contributed by atoms with Crippen LogP contribution < -0.4 is 0 Å². The molecule has 2 fully saturated rings. The van der Waals surface area contributed by atoms with Crippen molar-refractivity contribution in [2.24, 2.45) is 5.41 Å². The van der Waals surface area contributed by atoms with Crippen LogP contribution in [0.2, 0.25) is 0 Å². The Hall–Kier alpha value is -0.120. The lowest BCUT2D eigenvalue weighted by Gasteiger charge is -2.35. The van der Waals surface area contributed by atoms with Crippen molar-refractivity contribution < 1.29 is 4.74 Å². The molecule has 0 spiro atoms. The Morgan fingerprint density at radius 1 is 1.25 bits per heavy atom. The molecule has 94 valence electrons. The average molecular weight is 226 g/mol. The number of hydrogen-bond donors (Lipinski definition) is 0. The first kappa shape index (κ1) is 12.3.